The number of ether oxygens (including phenoxy) is 2. The Balaban J connectivity index is 2.39. The molecule has 1 rings (SSSR count). The van der Waals surface area contributed by atoms with Crippen molar-refractivity contribution in [3.63, 3.8) is 0 Å². The zero-order valence-electron chi connectivity index (χ0n) is 34.5. The van der Waals surface area contributed by atoms with Gasteiger partial charge in [0.2, 0.25) is 5.91 Å². The molecular weight excluding hydrogens is 682 g/mol. The van der Waals surface area contributed by atoms with Gasteiger partial charge < -0.3 is 40.3 Å². The number of carbonyl (C=O) groups is 1. The van der Waals surface area contributed by atoms with E-state index < -0.39 is 49.5 Å². The van der Waals surface area contributed by atoms with Crippen LogP contribution in [0.25, 0.3) is 0 Å². The molecule has 0 radical (unpaired) electrons. The highest BCUT2D eigenvalue weighted by Crippen LogP contribution is 2.22. The van der Waals surface area contributed by atoms with Crippen molar-refractivity contribution in [2.24, 2.45) is 0 Å². The van der Waals surface area contributed by atoms with E-state index in [-0.39, 0.29) is 12.5 Å². The van der Waals surface area contributed by atoms with E-state index in [1.54, 1.807) is 6.08 Å². The molecule has 1 amide bonds. The Morgan fingerprint density at radius 1 is 0.630 bits per heavy atom. The van der Waals surface area contributed by atoms with Gasteiger partial charge in [-0.3, -0.25) is 4.79 Å². The van der Waals surface area contributed by atoms with Gasteiger partial charge in [-0.1, -0.05) is 172 Å². The lowest BCUT2D eigenvalue weighted by Crippen LogP contribution is -2.60. The number of hydrogen-bond acceptors (Lipinski definition) is 8. The minimum absolute atomic E-state index is 0.192. The van der Waals surface area contributed by atoms with E-state index in [0.717, 1.165) is 70.6 Å². The smallest absolute Gasteiger partial charge is 0.220 e. The van der Waals surface area contributed by atoms with Crippen molar-refractivity contribution < 1.29 is 39.8 Å². The lowest BCUT2D eigenvalue weighted by atomic mass is 9.99. The molecule has 0 aromatic heterocycles. The molecule has 0 bridgehead atoms. The molecule has 0 aromatic carbocycles. The molecule has 0 spiro atoms. The van der Waals surface area contributed by atoms with Crippen LogP contribution < -0.4 is 5.32 Å². The summed E-state index contributed by atoms with van der Waals surface area (Å²) in [7, 11) is 0. The fourth-order valence-electron chi connectivity index (χ4n) is 6.82. The van der Waals surface area contributed by atoms with Gasteiger partial charge >= 0.3 is 0 Å². The predicted molar refractivity (Wildman–Crippen MR) is 221 cm³/mol. The third-order valence-corrected chi connectivity index (χ3v) is 10.5. The van der Waals surface area contributed by atoms with Crippen molar-refractivity contribution in [2.45, 2.75) is 230 Å². The van der Waals surface area contributed by atoms with Gasteiger partial charge in [-0.2, -0.15) is 0 Å². The largest absolute Gasteiger partial charge is 0.394 e. The molecule has 0 aliphatic carbocycles. The summed E-state index contributed by atoms with van der Waals surface area (Å²) in [5.74, 6) is -0.192. The van der Waals surface area contributed by atoms with Crippen LogP contribution in [0.4, 0.5) is 0 Å². The molecule has 1 aliphatic heterocycles. The van der Waals surface area contributed by atoms with Crippen molar-refractivity contribution in [1.29, 1.82) is 0 Å². The zero-order valence-corrected chi connectivity index (χ0v) is 34.5. The van der Waals surface area contributed by atoms with E-state index >= 15 is 0 Å². The molecule has 1 fully saturated rings. The molecule has 6 N–H and O–H groups in total. The molecule has 0 saturated carbocycles. The fourth-order valence-corrected chi connectivity index (χ4v) is 6.82. The topological polar surface area (TPSA) is 149 Å². The van der Waals surface area contributed by atoms with Crippen LogP contribution in [0, 0.1) is 0 Å². The van der Waals surface area contributed by atoms with Crippen LogP contribution in [0.3, 0.4) is 0 Å². The molecule has 7 atom stereocenters. The Kier molecular flexibility index (Phi) is 33.4. The zero-order chi connectivity index (χ0) is 39.5. The van der Waals surface area contributed by atoms with E-state index in [4.69, 9.17) is 9.47 Å². The maximum absolute atomic E-state index is 12.9. The minimum atomic E-state index is -1.57. The quantitative estimate of drug-likeness (QED) is 0.0274. The first kappa shape index (κ1) is 50.4. The van der Waals surface area contributed by atoms with Gasteiger partial charge in [-0.05, 0) is 44.9 Å². The van der Waals surface area contributed by atoms with Crippen LogP contribution in [0.1, 0.15) is 187 Å². The third-order valence-electron chi connectivity index (χ3n) is 10.5. The predicted octanol–water partition coefficient (Wildman–Crippen LogP) is 8.89. The number of carbonyl (C=O) groups excluding carboxylic acids is 1. The Morgan fingerprint density at radius 3 is 1.65 bits per heavy atom. The number of allylic oxidation sites excluding steroid dienone is 5. The standard InChI is InChI=1S/C45H83NO8/c1-3-5-7-9-11-13-15-17-19-20-21-22-24-26-28-30-32-34-39(48)38(37-53-45-44(52)43(51)42(50)40(36-47)54-45)46-41(49)35-33-31-29-27-25-23-18-16-14-12-10-8-6-4-2/h10,12,16,18,32,34,38-40,42-45,47-48,50-52H,3-9,11,13-15,17,19-31,33,35-37H2,1-2H3,(H,46,49)/b12-10-,18-16-,34-32+. The molecule has 316 valence electrons. The summed E-state index contributed by atoms with van der Waals surface area (Å²) < 4.78 is 11.2. The van der Waals surface area contributed by atoms with Crippen LogP contribution in [0.15, 0.2) is 36.5 Å². The summed E-state index contributed by atoms with van der Waals surface area (Å²) in [5, 5.41) is 54.1. The first-order valence-electron chi connectivity index (χ1n) is 22.2. The molecule has 0 aromatic rings. The summed E-state index contributed by atoms with van der Waals surface area (Å²) in [5.41, 5.74) is 0. The lowest BCUT2D eigenvalue weighted by Gasteiger charge is -2.40. The van der Waals surface area contributed by atoms with Gasteiger partial charge in [0, 0.05) is 6.42 Å². The molecular formula is C45H83NO8. The Labute approximate surface area is 330 Å². The number of rotatable bonds is 36. The monoisotopic (exact) mass is 766 g/mol. The summed E-state index contributed by atoms with van der Waals surface area (Å²) in [6.07, 6.45) is 36.1. The number of unbranched alkanes of at least 4 members (excludes halogenated alkanes) is 22. The first-order valence-corrected chi connectivity index (χ1v) is 22.2. The van der Waals surface area contributed by atoms with Gasteiger partial charge in [-0.15, -0.1) is 0 Å². The van der Waals surface area contributed by atoms with E-state index in [1.165, 1.54) is 96.3 Å². The van der Waals surface area contributed by atoms with Crippen LogP contribution in [0.5, 0.6) is 0 Å². The number of aliphatic hydroxyl groups excluding tert-OH is 5. The summed E-state index contributed by atoms with van der Waals surface area (Å²) in [6.45, 7) is 3.71. The van der Waals surface area contributed by atoms with Crippen molar-refractivity contribution >= 4 is 5.91 Å². The third kappa shape index (κ3) is 26.3. The van der Waals surface area contributed by atoms with Crippen molar-refractivity contribution in [3.8, 4) is 0 Å². The maximum atomic E-state index is 12.9. The lowest BCUT2D eigenvalue weighted by molar-refractivity contribution is -0.302. The number of hydrogen-bond donors (Lipinski definition) is 6. The first-order chi connectivity index (χ1) is 26.3. The molecule has 1 saturated heterocycles. The summed E-state index contributed by atoms with van der Waals surface area (Å²) in [4.78, 5) is 12.9. The van der Waals surface area contributed by atoms with E-state index in [9.17, 15) is 30.3 Å². The molecule has 1 heterocycles. The van der Waals surface area contributed by atoms with Crippen molar-refractivity contribution in [2.75, 3.05) is 13.2 Å². The fraction of sp³-hybridized carbons (Fsp3) is 0.844. The van der Waals surface area contributed by atoms with Crippen LogP contribution in [-0.4, -0.2) is 87.5 Å². The Hall–Kier alpha value is -1.59. The second kappa shape index (κ2) is 35.8. The molecule has 9 heteroatoms. The maximum Gasteiger partial charge on any atom is 0.220 e. The van der Waals surface area contributed by atoms with Gasteiger partial charge in [0.1, 0.15) is 24.4 Å². The van der Waals surface area contributed by atoms with E-state index in [1.807, 2.05) is 6.08 Å². The number of aliphatic hydroxyl groups is 5. The second-order valence-corrected chi connectivity index (χ2v) is 15.5. The normalized spacial score (nSPS) is 21.8. The summed E-state index contributed by atoms with van der Waals surface area (Å²) >= 11 is 0. The van der Waals surface area contributed by atoms with Gasteiger partial charge in [0.15, 0.2) is 6.29 Å². The van der Waals surface area contributed by atoms with Crippen LogP contribution in [0.2, 0.25) is 0 Å². The van der Waals surface area contributed by atoms with Crippen LogP contribution in [-0.2, 0) is 14.3 Å². The van der Waals surface area contributed by atoms with E-state index in [2.05, 4.69) is 43.5 Å². The van der Waals surface area contributed by atoms with Gasteiger partial charge in [0.25, 0.3) is 0 Å². The Morgan fingerprint density at radius 2 is 1.11 bits per heavy atom. The van der Waals surface area contributed by atoms with Crippen molar-refractivity contribution in [3.05, 3.63) is 36.5 Å². The minimum Gasteiger partial charge on any atom is -0.394 e. The van der Waals surface area contributed by atoms with Gasteiger partial charge in [0.05, 0.1) is 25.4 Å². The molecule has 54 heavy (non-hydrogen) atoms. The Bertz CT molecular complexity index is 941. The van der Waals surface area contributed by atoms with Crippen molar-refractivity contribution in [1.82, 2.24) is 5.32 Å². The van der Waals surface area contributed by atoms with Crippen LogP contribution >= 0.6 is 0 Å². The second-order valence-electron chi connectivity index (χ2n) is 15.5. The molecule has 7 unspecified atom stereocenters. The highest BCUT2D eigenvalue weighted by Gasteiger charge is 2.44. The highest BCUT2D eigenvalue weighted by molar-refractivity contribution is 5.76. The van der Waals surface area contributed by atoms with E-state index in [0.29, 0.717) is 6.42 Å². The van der Waals surface area contributed by atoms with Gasteiger partial charge in [-0.25, -0.2) is 0 Å². The average molecular weight is 766 g/mol. The molecule has 9 nitrogen and oxygen atoms in total. The summed E-state index contributed by atoms with van der Waals surface area (Å²) in [6, 6.07) is -0.810. The highest BCUT2D eigenvalue weighted by atomic mass is 16.7. The number of nitrogens with one attached hydrogen (secondary N) is 1. The SMILES string of the molecule is CCCC/C=C\C/C=C\CCCCCCCC(=O)NC(COC1OC(CO)C(O)C(O)C1O)C(O)/C=C/CCCCCCCCCCCCCCCCC. The molecule has 1 aliphatic rings. The average Bonchev–Trinajstić information content (AvgIpc) is 3.17. The number of amides is 1.